The summed E-state index contributed by atoms with van der Waals surface area (Å²) in [6, 6.07) is 1.78. The molecular formula is C15H24N2O3S. The van der Waals surface area contributed by atoms with Gasteiger partial charge in [0.2, 0.25) is 0 Å². The zero-order valence-corrected chi connectivity index (χ0v) is 14.1. The molecule has 0 saturated carbocycles. The molecule has 0 aliphatic heterocycles. The second-order valence-electron chi connectivity index (χ2n) is 5.32. The predicted molar refractivity (Wildman–Crippen MR) is 84.8 cm³/mol. The number of nitrogens with one attached hydrogen (secondary N) is 1. The van der Waals surface area contributed by atoms with E-state index in [4.69, 9.17) is 5.11 Å². The van der Waals surface area contributed by atoms with Gasteiger partial charge in [-0.1, -0.05) is 6.92 Å². The maximum absolute atomic E-state index is 12.3. The monoisotopic (exact) mass is 312 g/mol. The summed E-state index contributed by atoms with van der Waals surface area (Å²) in [5, 5.41) is 11.9. The van der Waals surface area contributed by atoms with Crippen LogP contribution < -0.4 is 5.32 Å². The van der Waals surface area contributed by atoms with Crippen LogP contribution in [0.1, 0.15) is 42.1 Å². The third-order valence-corrected chi connectivity index (χ3v) is 4.45. The fourth-order valence-corrected chi connectivity index (χ4v) is 3.22. The van der Waals surface area contributed by atoms with Crippen molar-refractivity contribution < 1.29 is 14.7 Å². The average Bonchev–Trinajstić information content (AvgIpc) is 2.74. The third-order valence-electron chi connectivity index (χ3n) is 3.47. The molecule has 0 radical (unpaired) electrons. The van der Waals surface area contributed by atoms with Crippen molar-refractivity contribution in [3.8, 4) is 0 Å². The second kappa shape index (κ2) is 7.45. The Kier molecular flexibility index (Phi) is 6.20. The number of amides is 2. The van der Waals surface area contributed by atoms with Gasteiger partial charge in [0.1, 0.15) is 0 Å². The van der Waals surface area contributed by atoms with Crippen molar-refractivity contribution in [2.24, 2.45) is 5.92 Å². The number of carboxylic acids is 1. The molecule has 0 saturated heterocycles. The fourth-order valence-electron chi connectivity index (χ4n) is 2.20. The lowest BCUT2D eigenvalue weighted by molar-refractivity contribution is -0.141. The number of carbonyl (C=O) groups is 2. The molecule has 1 aromatic heterocycles. The normalized spacial score (nSPS) is 13.6. The van der Waals surface area contributed by atoms with Crippen LogP contribution in [-0.2, 0) is 4.79 Å². The van der Waals surface area contributed by atoms with Crippen LogP contribution in [0.5, 0.6) is 0 Å². The van der Waals surface area contributed by atoms with E-state index in [-0.39, 0.29) is 18.6 Å². The van der Waals surface area contributed by atoms with E-state index >= 15 is 0 Å². The van der Waals surface area contributed by atoms with E-state index in [1.807, 2.05) is 27.7 Å². The third kappa shape index (κ3) is 4.74. The number of rotatable bonds is 6. The molecule has 2 amide bonds. The lowest BCUT2D eigenvalue weighted by atomic mass is 10.1. The van der Waals surface area contributed by atoms with E-state index in [1.165, 1.54) is 14.7 Å². The van der Waals surface area contributed by atoms with E-state index in [9.17, 15) is 9.59 Å². The Labute approximate surface area is 130 Å². The van der Waals surface area contributed by atoms with Crippen molar-refractivity contribution in [3.05, 3.63) is 21.4 Å². The Hall–Kier alpha value is -1.56. The van der Waals surface area contributed by atoms with E-state index in [0.29, 0.717) is 6.54 Å². The van der Waals surface area contributed by atoms with Crippen molar-refractivity contribution in [1.29, 1.82) is 0 Å². The van der Waals surface area contributed by atoms with Gasteiger partial charge >= 0.3 is 12.0 Å². The Morgan fingerprint density at radius 1 is 1.38 bits per heavy atom. The highest BCUT2D eigenvalue weighted by molar-refractivity contribution is 7.12. The van der Waals surface area contributed by atoms with Crippen LogP contribution in [0.15, 0.2) is 6.07 Å². The maximum atomic E-state index is 12.3. The molecule has 6 heteroatoms. The Bertz CT molecular complexity index is 513. The number of hydrogen-bond donors (Lipinski definition) is 2. The maximum Gasteiger partial charge on any atom is 0.317 e. The second-order valence-corrected chi connectivity index (χ2v) is 6.78. The minimum Gasteiger partial charge on any atom is -0.481 e. The molecule has 118 valence electrons. The Morgan fingerprint density at radius 3 is 2.43 bits per heavy atom. The molecule has 2 N–H and O–H groups in total. The number of nitrogens with zero attached hydrogens (tertiary/aromatic N) is 1. The first-order valence-corrected chi connectivity index (χ1v) is 7.93. The molecule has 0 aliphatic rings. The lowest BCUT2D eigenvalue weighted by Crippen LogP contribution is -2.44. The van der Waals surface area contributed by atoms with Crippen LogP contribution in [0, 0.1) is 19.8 Å². The average molecular weight is 312 g/mol. The van der Waals surface area contributed by atoms with Gasteiger partial charge in [0.05, 0.1) is 12.0 Å². The van der Waals surface area contributed by atoms with Gasteiger partial charge in [0.15, 0.2) is 0 Å². The number of aryl methyl sites for hydroxylation is 2. The molecule has 2 atom stereocenters. The van der Waals surface area contributed by atoms with Gasteiger partial charge in [-0.15, -0.1) is 11.3 Å². The highest BCUT2D eigenvalue weighted by Gasteiger charge is 2.21. The van der Waals surface area contributed by atoms with E-state index in [0.717, 1.165) is 5.56 Å². The van der Waals surface area contributed by atoms with E-state index < -0.39 is 11.9 Å². The first-order valence-electron chi connectivity index (χ1n) is 7.11. The van der Waals surface area contributed by atoms with Gasteiger partial charge in [-0.25, -0.2) is 4.79 Å². The minimum absolute atomic E-state index is 0.0864. The summed E-state index contributed by atoms with van der Waals surface area (Å²) in [5.41, 5.74) is 1.12. The fraction of sp³-hybridized carbons (Fsp3) is 0.600. The summed E-state index contributed by atoms with van der Waals surface area (Å²) in [4.78, 5) is 27.1. The molecular weight excluding hydrogens is 288 g/mol. The molecule has 1 rings (SSSR count). The van der Waals surface area contributed by atoms with Crippen LogP contribution in [0.25, 0.3) is 0 Å². The molecule has 0 aliphatic carbocycles. The molecule has 0 fully saturated rings. The van der Waals surface area contributed by atoms with Crippen LogP contribution in [0.3, 0.4) is 0 Å². The molecule has 5 nitrogen and oxygen atoms in total. The van der Waals surface area contributed by atoms with Crippen molar-refractivity contribution in [2.45, 2.75) is 40.7 Å². The molecule has 1 heterocycles. The summed E-state index contributed by atoms with van der Waals surface area (Å²) >= 11 is 1.71. The van der Waals surface area contributed by atoms with E-state index in [2.05, 4.69) is 11.4 Å². The first kappa shape index (κ1) is 17.5. The predicted octanol–water partition coefficient (Wildman–Crippen LogP) is 3.18. The zero-order chi connectivity index (χ0) is 16.2. The van der Waals surface area contributed by atoms with Gasteiger partial charge in [-0.05, 0) is 39.3 Å². The van der Waals surface area contributed by atoms with Crippen LogP contribution in [0.4, 0.5) is 4.79 Å². The summed E-state index contributed by atoms with van der Waals surface area (Å²) in [5.74, 6) is -1.46. The first-order chi connectivity index (χ1) is 9.76. The zero-order valence-electron chi connectivity index (χ0n) is 13.3. The summed E-state index contributed by atoms with van der Waals surface area (Å²) < 4.78 is 0. The Morgan fingerprint density at radius 2 is 2.00 bits per heavy atom. The molecule has 1 aromatic rings. The lowest BCUT2D eigenvalue weighted by Gasteiger charge is -2.25. The number of carbonyl (C=O) groups excluding carboxylic acids is 1. The Balaban J connectivity index is 2.69. The number of thiophene rings is 1. The SMILES string of the molecule is CCN(CC(C)C(=O)O)C(=O)NC(C)c1cc(C)sc1C. The summed E-state index contributed by atoms with van der Waals surface area (Å²) in [6.45, 7) is 10.2. The number of urea groups is 1. The van der Waals surface area contributed by atoms with Crippen molar-refractivity contribution >= 4 is 23.3 Å². The van der Waals surface area contributed by atoms with Crippen molar-refractivity contribution in [1.82, 2.24) is 10.2 Å². The minimum atomic E-state index is -0.890. The topological polar surface area (TPSA) is 69.6 Å². The standard InChI is InChI=1S/C15H24N2O3S/c1-6-17(8-9(2)14(18)19)15(20)16-11(4)13-7-10(3)21-12(13)5/h7,9,11H,6,8H2,1-5H3,(H,16,20)(H,18,19). The van der Waals surface area contributed by atoms with Crippen molar-refractivity contribution in [2.75, 3.05) is 13.1 Å². The highest BCUT2D eigenvalue weighted by Crippen LogP contribution is 2.26. The summed E-state index contributed by atoms with van der Waals surface area (Å²) in [6.07, 6.45) is 0. The van der Waals surface area contributed by atoms with Crippen LogP contribution in [0.2, 0.25) is 0 Å². The summed E-state index contributed by atoms with van der Waals surface area (Å²) in [7, 11) is 0. The molecule has 2 unspecified atom stereocenters. The van der Waals surface area contributed by atoms with Gasteiger partial charge in [0.25, 0.3) is 0 Å². The van der Waals surface area contributed by atoms with Gasteiger partial charge in [-0.2, -0.15) is 0 Å². The van der Waals surface area contributed by atoms with E-state index in [1.54, 1.807) is 18.3 Å². The molecule has 0 bridgehead atoms. The van der Waals surface area contributed by atoms with Gasteiger partial charge < -0.3 is 15.3 Å². The number of carboxylic acid groups (broad SMARTS) is 1. The number of hydrogen-bond acceptors (Lipinski definition) is 3. The smallest absolute Gasteiger partial charge is 0.317 e. The largest absolute Gasteiger partial charge is 0.481 e. The number of aliphatic carboxylic acids is 1. The van der Waals surface area contributed by atoms with Crippen LogP contribution in [-0.4, -0.2) is 35.1 Å². The molecule has 21 heavy (non-hydrogen) atoms. The van der Waals surface area contributed by atoms with Gasteiger partial charge in [-0.3, -0.25) is 4.79 Å². The van der Waals surface area contributed by atoms with Crippen LogP contribution >= 0.6 is 11.3 Å². The molecule has 0 aromatic carbocycles. The van der Waals surface area contributed by atoms with Crippen molar-refractivity contribution in [3.63, 3.8) is 0 Å². The highest BCUT2D eigenvalue weighted by atomic mass is 32.1. The van der Waals surface area contributed by atoms with Gasteiger partial charge in [0, 0.05) is 22.8 Å². The quantitative estimate of drug-likeness (QED) is 0.847. The molecule has 0 spiro atoms.